The Kier molecular flexibility index (Phi) is 5.09. The van der Waals surface area contributed by atoms with Gasteiger partial charge in [0.1, 0.15) is 5.82 Å². The number of hydrogen-bond donors (Lipinski definition) is 2. The number of halogens is 1. The molecule has 5 heteroatoms. The average Bonchev–Trinajstić information content (AvgIpc) is 3.28. The van der Waals surface area contributed by atoms with Gasteiger partial charge >= 0.3 is 0 Å². The number of carbonyl (C=O) groups is 1. The van der Waals surface area contributed by atoms with E-state index in [0.717, 1.165) is 12.8 Å². The van der Waals surface area contributed by atoms with Gasteiger partial charge in [0.15, 0.2) is 0 Å². The van der Waals surface area contributed by atoms with Gasteiger partial charge in [0.2, 0.25) is 5.91 Å². The molecular formula is C15H21FN2O2. The first-order chi connectivity index (χ1) is 9.60. The maximum absolute atomic E-state index is 12.9. The fraction of sp³-hybridized carbons (Fsp3) is 0.533. The Morgan fingerprint density at radius 3 is 2.65 bits per heavy atom. The van der Waals surface area contributed by atoms with Crippen LogP contribution < -0.4 is 5.32 Å². The van der Waals surface area contributed by atoms with Crippen molar-refractivity contribution < 1.29 is 14.3 Å². The van der Waals surface area contributed by atoms with Crippen molar-refractivity contribution in [3.8, 4) is 0 Å². The number of amides is 1. The molecule has 1 aromatic rings. The van der Waals surface area contributed by atoms with Crippen molar-refractivity contribution in [1.29, 1.82) is 0 Å². The molecule has 0 aliphatic heterocycles. The predicted molar refractivity (Wildman–Crippen MR) is 74.6 cm³/mol. The van der Waals surface area contributed by atoms with Gasteiger partial charge in [-0.05, 0) is 30.5 Å². The van der Waals surface area contributed by atoms with Crippen LogP contribution in [0.3, 0.4) is 0 Å². The van der Waals surface area contributed by atoms with E-state index in [2.05, 4.69) is 10.2 Å². The number of benzene rings is 1. The minimum absolute atomic E-state index is 0.00641. The van der Waals surface area contributed by atoms with Crippen LogP contribution in [0.2, 0.25) is 0 Å². The zero-order valence-corrected chi connectivity index (χ0v) is 11.7. The monoisotopic (exact) mass is 280 g/mol. The quantitative estimate of drug-likeness (QED) is 0.795. The lowest BCUT2D eigenvalue weighted by atomic mass is 10.1. The van der Waals surface area contributed by atoms with Crippen LogP contribution in [0.4, 0.5) is 4.39 Å². The molecule has 0 bridgehead atoms. The molecule has 0 saturated heterocycles. The first kappa shape index (κ1) is 14.9. The Hall–Kier alpha value is -1.46. The Labute approximate surface area is 118 Å². The average molecular weight is 280 g/mol. The maximum atomic E-state index is 12.9. The summed E-state index contributed by atoms with van der Waals surface area (Å²) < 4.78 is 12.9. The van der Waals surface area contributed by atoms with Gasteiger partial charge < -0.3 is 10.4 Å². The highest BCUT2D eigenvalue weighted by Gasteiger charge is 2.30. The van der Waals surface area contributed by atoms with Crippen molar-refractivity contribution in [3.05, 3.63) is 35.6 Å². The largest absolute Gasteiger partial charge is 0.387 e. The van der Waals surface area contributed by atoms with Crippen LogP contribution in [-0.4, -0.2) is 42.1 Å². The van der Waals surface area contributed by atoms with E-state index in [1.807, 2.05) is 0 Å². The molecule has 0 heterocycles. The molecule has 2 rings (SSSR count). The van der Waals surface area contributed by atoms with Crippen molar-refractivity contribution in [3.63, 3.8) is 0 Å². The number of nitrogens with one attached hydrogen (secondary N) is 1. The molecule has 110 valence electrons. The second-order valence-corrected chi connectivity index (χ2v) is 5.22. The van der Waals surface area contributed by atoms with Gasteiger partial charge in [0.25, 0.3) is 0 Å². The number of aliphatic hydroxyl groups excluding tert-OH is 1. The van der Waals surface area contributed by atoms with Gasteiger partial charge in [-0.15, -0.1) is 0 Å². The topological polar surface area (TPSA) is 52.6 Å². The molecule has 1 atom stereocenters. The van der Waals surface area contributed by atoms with Crippen LogP contribution >= 0.6 is 0 Å². The minimum Gasteiger partial charge on any atom is -0.387 e. The lowest BCUT2D eigenvalue weighted by molar-refractivity contribution is -0.121. The molecule has 1 fully saturated rings. The molecule has 1 aliphatic rings. The molecule has 1 saturated carbocycles. The van der Waals surface area contributed by atoms with E-state index < -0.39 is 6.10 Å². The fourth-order valence-electron chi connectivity index (χ4n) is 2.25. The number of nitrogens with zero attached hydrogens (tertiary/aromatic N) is 1. The smallest absolute Gasteiger partial charge is 0.221 e. The zero-order chi connectivity index (χ0) is 14.5. The van der Waals surface area contributed by atoms with Crippen LogP contribution in [0.15, 0.2) is 24.3 Å². The summed E-state index contributed by atoms with van der Waals surface area (Å²) in [5.41, 5.74) is 0.706. The van der Waals surface area contributed by atoms with E-state index in [4.69, 9.17) is 0 Å². The summed E-state index contributed by atoms with van der Waals surface area (Å²) in [6.07, 6.45) is 2.01. The van der Waals surface area contributed by atoms with Crippen molar-refractivity contribution in [2.45, 2.75) is 31.4 Å². The lowest BCUT2D eigenvalue weighted by Crippen LogP contribution is -2.34. The predicted octanol–water partition coefficient (Wildman–Crippen LogP) is 1.46. The van der Waals surface area contributed by atoms with Crippen LogP contribution in [0.1, 0.15) is 30.9 Å². The van der Waals surface area contributed by atoms with Gasteiger partial charge in [0.05, 0.1) is 6.10 Å². The second-order valence-electron chi connectivity index (χ2n) is 5.22. The Balaban J connectivity index is 1.90. The van der Waals surface area contributed by atoms with Gasteiger partial charge in [-0.3, -0.25) is 9.69 Å². The van der Waals surface area contributed by atoms with E-state index >= 15 is 0 Å². The van der Waals surface area contributed by atoms with E-state index in [1.54, 1.807) is 19.2 Å². The Morgan fingerprint density at radius 1 is 1.45 bits per heavy atom. The number of aliphatic hydroxyl groups is 1. The highest BCUT2D eigenvalue weighted by atomic mass is 19.1. The third kappa shape index (κ3) is 4.28. The molecule has 1 unspecified atom stereocenters. The molecule has 1 aromatic carbocycles. The lowest BCUT2D eigenvalue weighted by Gasteiger charge is -2.24. The summed E-state index contributed by atoms with van der Waals surface area (Å²) in [5.74, 6) is -0.300. The first-order valence-electron chi connectivity index (χ1n) is 6.98. The standard InChI is InChI=1S/C15H21FN2O2/c1-17-15(20)8-9-18(13-6-7-13)10-14(19)11-2-4-12(16)5-3-11/h2-5,13-14,19H,6-10H2,1H3,(H,17,20). The fourth-order valence-corrected chi connectivity index (χ4v) is 2.25. The van der Waals surface area contributed by atoms with Gasteiger partial charge in [-0.2, -0.15) is 0 Å². The SMILES string of the molecule is CNC(=O)CCN(CC(O)c1ccc(F)cc1)C1CC1. The van der Waals surface area contributed by atoms with Gasteiger partial charge in [-0.1, -0.05) is 12.1 Å². The van der Waals surface area contributed by atoms with Crippen LogP contribution in [0, 0.1) is 5.82 Å². The van der Waals surface area contributed by atoms with Crippen molar-refractivity contribution in [2.75, 3.05) is 20.1 Å². The van der Waals surface area contributed by atoms with Gasteiger partial charge in [0, 0.05) is 32.6 Å². The summed E-state index contributed by atoms with van der Waals surface area (Å²) >= 11 is 0. The number of rotatable bonds is 7. The molecule has 2 N–H and O–H groups in total. The number of carbonyl (C=O) groups excluding carboxylic acids is 1. The maximum Gasteiger partial charge on any atom is 0.221 e. The summed E-state index contributed by atoms with van der Waals surface area (Å²) in [6.45, 7) is 1.12. The van der Waals surface area contributed by atoms with Crippen LogP contribution in [0.25, 0.3) is 0 Å². The molecule has 0 spiro atoms. The van der Waals surface area contributed by atoms with E-state index in [1.165, 1.54) is 12.1 Å². The summed E-state index contributed by atoms with van der Waals surface area (Å²) in [4.78, 5) is 13.5. The summed E-state index contributed by atoms with van der Waals surface area (Å²) in [6, 6.07) is 6.37. The molecule has 0 radical (unpaired) electrons. The van der Waals surface area contributed by atoms with Crippen LogP contribution in [-0.2, 0) is 4.79 Å². The number of hydrogen-bond acceptors (Lipinski definition) is 3. The molecule has 0 aromatic heterocycles. The minimum atomic E-state index is -0.652. The third-order valence-corrected chi connectivity index (χ3v) is 3.63. The van der Waals surface area contributed by atoms with Crippen molar-refractivity contribution in [1.82, 2.24) is 10.2 Å². The second kappa shape index (κ2) is 6.81. The molecule has 1 amide bonds. The van der Waals surface area contributed by atoms with E-state index in [0.29, 0.717) is 31.1 Å². The molecular weight excluding hydrogens is 259 g/mol. The highest BCUT2D eigenvalue weighted by Crippen LogP contribution is 2.29. The Bertz CT molecular complexity index is 446. The Morgan fingerprint density at radius 2 is 2.10 bits per heavy atom. The molecule has 20 heavy (non-hydrogen) atoms. The van der Waals surface area contributed by atoms with Crippen LogP contribution in [0.5, 0.6) is 0 Å². The van der Waals surface area contributed by atoms with E-state index in [-0.39, 0.29) is 11.7 Å². The van der Waals surface area contributed by atoms with Crippen molar-refractivity contribution >= 4 is 5.91 Å². The first-order valence-corrected chi connectivity index (χ1v) is 6.98. The molecule has 4 nitrogen and oxygen atoms in total. The summed E-state index contributed by atoms with van der Waals surface area (Å²) in [7, 11) is 1.62. The third-order valence-electron chi connectivity index (χ3n) is 3.63. The highest BCUT2D eigenvalue weighted by molar-refractivity contribution is 5.75. The molecule has 1 aliphatic carbocycles. The zero-order valence-electron chi connectivity index (χ0n) is 11.7. The summed E-state index contributed by atoms with van der Waals surface area (Å²) in [5, 5.41) is 12.8. The van der Waals surface area contributed by atoms with E-state index in [9.17, 15) is 14.3 Å². The normalized spacial score (nSPS) is 16.2. The van der Waals surface area contributed by atoms with Gasteiger partial charge in [-0.25, -0.2) is 4.39 Å². The van der Waals surface area contributed by atoms with Crippen molar-refractivity contribution in [2.24, 2.45) is 0 Å².